The number of hydrogen-bond donors (Lipinski definition) is 3. The minimum atomic E-state index is -1.18. The molecular formula is C21H19FN4O4. The van der Waals surface area contributed by atoms with Gasteiger partial charge in [0.15, 0.2) is 0 Å². The first-order valence-corrected chi connectivity index (χ1v) is 9.48. The second-order valence-corrected chi connectivity index (χ2v) is 7.22. The number of hydrogen-bond acceptors (Lipinski definition) is 4. The molecule has 2 aromatic carbocycles. The molecule has 0 bridgehead atoms. The Morgan fingerprint density at radius 2 is 1.80 bits per heavy atom. The molecule has 1 spiro atoms. The van der Waals surface area contributed by atoms with Crippen molar-refractivity contribution in [2.45, 2.75) is 24.8 Å². The Morgan fingerprint density at radius 3 is 2.60 bits per heavy atom. The summed E-state index contributed by atoms with van der Waals surface area (Å²) in [6.07, 6.45) is 1.97. The van der Waals surface area contributed by atoms with Crippen LogP contribution in [0.4, 0.5) is 9.18 Å². The van der Waals surface area contributed by atoms with Crippen molar-refractivity contribution in [2.24, 2.45) is 0 Å². The Kier molecular flexibility index (Phi) is 4.94. The summed E-state index contributed by atoms with van der Waals surface area (Å²) in [4.78, 5) is 50.7. The molecule has 2 aliphatic rings. The van der Waals surface area contributed by atoms with Gasteiger partial charge in [-0.3, -0.25) is 30.1 Å². The van der Waals surface area contributed by atoms with Gasteiger partial charge in [0.2, 0.25) is 0 Å². The zero-order valence-corrected chi connectivity index (χ0v) is 15.9. The lowest BCUT2D eigenvalue weighted by molar-refractivity contribution is -0.135. The fourth-order valence-corrected chi connectivity index (χ4v) is 3.98. The van der Waals surface area contributed by atoms with E-state index in [-0.39, 0.29) is 5.56 Å². The quantitative estimate of drug-likeness (QED) is 0.525. The van der Waals surface area contributed by atoms with E-state index < -0.39 is 41.7 Å². The summed E-state index contributed by atoms with van der Waals surface area (Å²) >= 11 is 0. The van der Waals surface area contributed by atoms with E-state index in [2.05, 4.69) is 16.2 Å². The zero-order chi connectivity index (χ0) is 21.3. The highest BCUT2D eigenvalue weighted by atomic mass is 19.1. The molecular weight excluding hydrogens is 391 g/mol. The monoisotopic (exact) mass is 410 g/mol. The third-order valence-corrected chi connectivity index (χ3v) is 5.39. The minimum absolute atomic E-state index is 0.245. The van der Waals surface area contributed by atoms with Crippen LogP contribution in [0.25, 0.3) is 0 Å². The summed E-state index contributed by atoms with van der Waals surface area (Å²) in [6, 6.07) is 12.0. The minimum Gasteiger partial charge on any atom is -0.319 e. The van der Waals surface area contributed by atoms with Crippen LogP contribution in [0.2, 0.25) is 0 Å². The molecule has 0 saturated carbocycles. The highest BCUT2D eigenvalue weighted by molar-refractivity contribution is 6.09. The van der Waals surface area contributed by atoms with Crippen molar-refractivity contribution in [1.82, 2.24) is 21.1 Å². The van der Waals surface area contributed by atoms with E-state index >= 15 is 0 Å². The van der Waals surface area contributed by atoms with E-state index in [1.54, 1.807) is 6.07 Å². The number of amides is 5. The molecule has 30 heavy (non-hydrogen) atoms. The maximum absolute atomic E-state index is 13.6. The molecule has 0 radical (unpaired) electrons. The van der Waals surface area contributed by atoms with Crippen molar-refractivity contribution in [3.05, 3.63) is 71.0 Å². The van der Waals surface area contributed by atoms with Gasteiger partial charge in [-0.25, -0.2) is 9.18 Å². The SMILES string of the molecule is O=C(CN1C(=O)N[C@]2(CCCc3ccccc32)C1=O)NNC(=O)c1ccccc1F. The van der Waals surface area contributed by atoms with Gasteiger partial charge in [0, 0.05) is 0 Å². The Balaban J connectivity index is 1.44. The third kappa shape index (κ3) is 3.28. The highest BCUT2D eigenvalue weighted by Crippen LogP contribution is 2.39. The van der Waals surface area contributed by atoms with Gasteiger partial charge >= 0.3 is 6.03 Å². The van der Waals surface area contributed by atoms with Crippen molar-refractivity contribution in [1.29, 1.82) is 0 Å². The van der Waals surface area contributed by atoms with Crippen molar-refractivity contribution in [2.75, 3.05) is 6.54 Å². The Labute approximate surface area is 171 Å². The van der Waals surface area contributed by atoms with Crippen LogP contribution in [-0.2, 0) is 21.5 Å². The summed E-state index contributed by atoms with van der Waals surface area (Å²) in [5, 5.41) is 2.75. The number of urea groups is 1. The summed E-state index contributed by atoms with van der Waals surface area (Å²) in [5.41, 5.74) is 4.49. The predicted octanol–water partition coefficient (Wildman–Crippen LogP) is 1.37. The lowest BCUT2D eigenvalue weighted by Gasteiger charge is -2.33. The van der Waals surface area contributed by atoms with E-state index in [9.17, 15) is 23.6 Å². The largest absolute Gasteiger partial charge is 0.325 e. The van der Waals surface area contributed by atoms with Crippen LogP contribution in [0, 0.1) is 5.82 Å². The maximum atomic E-state index is 13.6. The number of hydrazine groups is 1. The van der Waals surface area contributed by atoms with E-state index in [0.29, 0.717) is 6.42 Å². The molecule has 1 aliphatic heterocycles. The van der Waals surface area contributed by atoms with Gasteiger partial charge in [-0.15, -0.1) is 0 Å². The van der Waals surface area contributed by atoms with Gasteiger partial charge in [-0.05, 0) is 42.5 Å². The van der Waals surface area contributed by atoms with Crippen LogP contribution in [0.3, 0.4) is 0 Å². The van der Waals surface area contributed by atoms with Crippen molar-refractivity contribution >= 4 is 23.8 Å². The first-order chi connectivity index (χ1) is 14.4. The van der Waals surface area contributed by atoms with Crippen molar-refractivity contribution in [3.8, 4) is 0 Å². The summed E-state index contributed by atoms with van der Waals surface area (Å²) in [6.45, 7) is -0.577. The molecule has 9 heteroatoms. The average molecular weight is 410 g/mol. The number of carbonyl (C=O) groups excluding carboxylic acids is 4. The lowest BCUT2D eigenvalue weighted by Crippen LogP contribution is -2.49. The molecule has 1 heterocycles. The number of nitrogens with zero attached hydrogens (tertiary/aromatic N) is 1. The Bertz CT molecular complexity index is 1060. The second-order valence-electron chi connectivity index (χ2n) is 7.22. The molecule has 1 fully saturated rings. The average Bonchev–Trinajstić information content (AvgIpc) is 2.97. The van der Waals surface area contributed by atoms with E-state index in [4.69, 9.17) is 0 Å². The Hall–Kier alpha value is -3.75. The van der Waals surface area contributed by atoms with E-state index in [1.165, 1.54) is 18.2 Å². The number of nitrogens with one attached hydrogen (secondary N) is 3. The molecule has 154 valence electrons. The van der Waals surface area contributed by atoms with Crippen LogP contribution >= 0.6 is 0 Å². The van der Waals surface area contributed by atoms with Gasteiger partial charge in [-0.1, -0.05) is 36.4 Å². The zero-order valence-electron chi connectivity index (χ0n) is 15.9. The number of halogens is 1. The Morgan fingerprint density at radius 1 is 1.07 bits per heavy atom. The van der Waals surface area contributed by atoms with Gasteiger partial charge in [-0.2, -0.15) is 0 Å². The number of benzene rings is 2. The molecule has 2 aromatic rings. The van der Waals surface area contributed by atoms with E-state index in [0.717, 1.165) is 34.9 Å². The number of fused-ring (bicyclic) bond motifs is 2. The number of carbonyl (C=O) groups is 4. The van der Waals surface area contributed by atoms with Crippen LogP contribution in [0.1, 0.15) is 34.3 Å². The predicted molar refractivity (Wildman–Crippen MR) is 103 cm³/mol. The topological polar surface area (TPSA) is 108 Å². The second kappa shape index (κ2) is 7.58. The summed E-state index contributed by atoms with van der Waals surface area (Å²) in [7, 11) is 0. The van der Waals surface area contributed by atoms with Crippen LogP contribution < -0.4 is 16.2 Å². The molecule has 8 nitrogen and oxygen atoms in total. The van der Waals surface area contributed by atoms with Gasteiger partial charge in [0.05, 0.1) is 5.56 Å². The molecule has 0 unspecified atom stereocenters. The molecule has 5 amide bonds. The fourth-order valence-electron chi connectivity index (χ4n) is 3.98. The van der Waals surface area contributed by atoms with Gasteiger partial charge < -0.3 is 5.32 Å². The van der Waals surface area contributed by atoms with Gasteiger partial charge in [0.25, 0.3) is 17.7 Å². The third-order valence-electron chi connectivity index (χ3n) is 5.39. The number of rotatable bonds is 3. The summed E-state index contributed by atoms with van der Waals surface area (Å²) in [5.74, 6) is -2.88. The smallest absolute Gasteiger partial charge is 0.319 e. The van der Waals surface area contributed by atoms with E-state index in [1.807, 2.05) is 18.2 Å². The number of aryl methyl sites for hydroxylation is 1. The fraction of sp³-hybridized carbons (Fsp3) is 0.238. The summed E-state index contributed by atoms with van der Waals surface area (Å²) < 4.78 is 13.6. The lowest BCUT2D eigenvalue weighted by atomic mass is 9.76. The standard InChI is InChI=1S/C21H19FN4O4/c22-16-10-4-2-8-14(16)18(28)25-24-17(27)12-26-19(29)21(23-20(26)30)11-5-7-13-6-1-3-9-15(13)21/h1-4,6,8-10H,5,7,11-12H2,(H,23,30)(H,24,27)(H,25,28)/t21-/m0/s1. The molecule has 0 aromatic heterocycles. The maximum Gasteiger partial charge on any atom is 0.325 e. The van der Waals surface area contributed by atoms with Crippen molar-refractivity contribution < 1.29 is 23.6 Å². The first kappa shape index (κ1) is 19.6. The highest BCUT2D eigenvalue weighted by Gasteiger charge is 2.54. The first-order valence-electron chi connectivity index (χ1n) is 9.48. The molecule has 1 aliphatic carbocycles. The van der Waals surface area contributed by atoms with Crippen molar-refractivity contribution in [3.63, 3.8) is 0 Å². The molecule has 3 N–H and O–H groups in total. The van der Waals surface area contributed by atoms with Crippen LogP contribution in [0.15, 0.2) is 48.5 Å². The van der Waals surface area contributed by atoms with Crippen LogP contribution in [-0.4, -0.2) is 35.2 Å². The van der Waals surface area contributed by atoms with Crippen LogP contribution in [0.5, 0.6) is 0 Å². The molecule has 4 rings (SSSR count). The number of imide groups is 1. The normalized spacial score (nSPS) is 20.0. The van der Waals surface area contributed by atoms with Gasteiger partial charge in [0.1, 0.15) is 17.9 Å². The molecule has 1 atom stereocenters. The molecule has 1 saturated heterocycles.